The van der Waals surface area contributed by atoms with Crippen LogP contribution in [0.2, 0.25) is 0 Å². The third-order valence-electron chi connectivity index (χ3n) is 7.36. The van der Waals surface area contributed by atoms with Gasteiger partial charge in [-0.15, -0.1) is 0 Å². The lowest BCUT2D eigenvalue weighted by atomic mass is 10.1. The second-order valence-electron chi connectivity index (χ2n) is 11.8. The van der Waals surface area contributed by atoms with Crippen LogP contribution in [0.25, 0.3) is 0 Å². The van der Waals surface area contributed by atoms with Crippen molar-refractivity contribution in [1.82, 2.24) is 0 Å². The minimum absolute atomic E-state index is 0.0146. The molecule has 320 valence electrons. The summed E-state index contributed by atoms with van der Waals surface area (Å²) in [6, 6.07) is 59.3. The Bertz CT molecular complexity index is 2290. The van der Waals surface area contributed by atoms with Crippen LogP contribution in [0.4, 0.5) is 39.5 Å². The number of aryl methyl sites for hydroxylation is 1. The molecular formula is C41H32F9IO6S3. The SMILES string of the molecule is Cc1ccc(S(=O)(=O)[O-])cc1.O=S(=O)([O-])C(F)(F)C(F)(F)C(F)(F)C(F)(F)F.c1ccc([I+]c2ccccc2)cc1.c1ccc([S+](c2ccccc2)c2ccccc2)cc1. The van der Waals surface area contributed by atoms with Gasteiger partial charge in [-0.25, -0.2) is 16.8 Å². The predicted molar refractivity (Wildman–Crippen MR) is 202 cm³/mol. The zero-order valence-corrected chi connectivity index (χ0v) is 35.3. The molecule has 0 amide bonds. The van der Waals surface area contributed by atoms with Crippen molar-refractivity contribution in [2.75, 3.05) is 0 Å². The third-order valence-corrected chi connectivity index (χ3v) is 14.0. The van der Waals surface area contributed by atoms with Gasteiger partial charge in [-0.3, -0.25) is 0 Å². The van der Waals surface area contributed by atoms with E-state index in [4.69, 9.17) is 0 Å². The normalized spacial score (nSPS) is 12.2. The molecule has 0 saturated heterocycles. The maximum Gasteiger partial charge on any atom is 0.460 e. The van der Waals surface area contributed by atoms with Crippen molar-refractivity contribution < 1.29 is 86.7 Å². The molecule has 0 bridgehead atoms. The van der Waals surface area contributed by atoms with E-state index >= 15 is 0 Å². The highest BCUT2D eigenvalue weighted by Gasteiger charge is 2.83. The summed E-state index contributed by atoms with van der Waals surface area (Å²) in [6.07, 6.45) is -7.16. The highest BCUT2D eigenvalue weighted by Crippen LogP contribution is 2.54. The first kappa shape index (κ1) is 49.9. The van der Waals surface area contributed by atoms with Gasteiger partial charge in [0.15, 0.2) is 31.9 Å². The number of hydrogen-bond donors (Lipinski definition) is 0. The molecule has 0 aliphatic heterocycles. The number of hydrogen-bond acceptors (Lipinski definition) is 6. The van der Waals surface area contributed by atoms with Gasteiger partial charge in [0.05, 0.1) is 15.8 Å². The molecule has 0 saturated carbocycles. The Labute approximate surface area is 354 Å². The molecule has 6 nitrogen and oxygen atoms in total. The van der Waals surface area contributed by atoms with Gasteiger partial charge in [-0.2, -0.15) is 39.5 Å². The molecule has 0 aliphatic rings. The maximum absolute atomic E-state index is 12.2. The highest BCUT2D eigenvalue weighted by molar-refractivity contribution is 7.97. The summed E-state index contributed by atoms with van der Waals surface area (Å²) in [5, 5.41) is -7.11. The van der Waals surface area contributed by atoms with Gasteiger partial charge in [0.1, 0.15) is 10.1 Å². The molecule has 0 unspecified atom stereocenters. The van der Waals surface area contributed by atoms with Crippen molar-refractivity contribution >= 4 is 31.1 Å². The molecule has 0 radical (unpaired) electrons. The van der Waals surface area contributed by atoms with Crippen LogP contribution in [-0.4, -0.2) is 49.2 Å². The fourth-order valence-electron chi connectivity index (χ4n) is 4.38. The van der Waals surface area contributed by atoms with Crippen molar-refractivity contribution in [3.8, 4) is 0 Å². The standard InChI is InChI=1S/C18H15S.C12H10I.C7H8O3S.C4HF9O3S/c1-4-10-16(11-5-1)19(17-12-6-2-7-13-17)18-14-8-3-9-15-18;1-3-7-11(8-4-1)13-12-9-5-2-6-10-12;1-6-2-4-7(5-3-6)11(8,9)10;5-1(6,3(9,10)11)2(7,8)4(12,13)17(14,15)16/h1-15H;1-10H;2-5H,1H3,(H,8,9,10);(H,14,15,16)/q2*+1;;/p-2. The van der Waals surface area contributed by atoms with E-state index < -0.39 is 43.5 Å². The van der Waals surface area contributed by atoms with Crippen LogP contribution in [0, 0.1) is 14.1 Å². The van der Waals surface area contributed by atoms with Crippen molar-refractivity contribution in [3.05, 3.63) is 189 Å². The van der Waals surface area contributed by atoms with Gasteiger partial charge < -0.3 is 9.11 Å². The Morgan fingerprint density at radius 1 is 0.450 bits per heavy atom. The summed E-state index contributed by atoms with van der Waals surface area (Å²) < 4.78 is 170. The first-order valence-electron chi connectivity index (χ1n) is 16.7. The first-order valence-corrected chi connectivity index (χ1v) is 22.9. The minimum atomic E-state index is -7.43. The molecule has 6 aromatic carbocycles. The molecule has 19 heteroatoms. The summed E-state index contributed by atoms with van der Waals surface area (Å²) in [5.74, 6) is -14.8. The van der Waals surface area contributed by atoms with Crippen molar-refractivity contribution in [3.63, 3.8) is 0 Å². The van der Waals surface area contributed by atoms with E-state index in [1.807, 2.05) is 6.92 Å². The average Bonchev–Trinajstić information content (AvgIpc) is 3.20. The van der Waals surface area contributed by atoms with Crippen molar-refractivity contribution in [2.45, 2.75) is 49.8 Å². The van der Waals surface area contributed by atoms with Crippen LogP contribution in [0.1, 0.15) is 5.56 Å². The maximum atomic E-state index is 12.2. The average molecular weight is 1010 g/mol. The van der Waals surface area contributed by atoms with Gasteiger partial charge >= 0.3 is 44.5 Å². The van der Waals surface area contributed by atoms with Crippen LogP contribution in [0.5, 0.6) is 0 Å². The summed E-state index contributed by atoms with van der Waals surface area (Å²) in [6.45, 7) is 1.82. The van der Waals surface area contributed by atoms with Gasteiger partial charge in [-0.1, -0.05) is 109 Å². The van der Waals surface area contributed by atoms with Crippen LogP contribution < -0.4 is 21.2 Å². The summed E-state index contributed by atoms with van der Waals surface area (Å²) in [5.41, 5.74) is 0.928. The quantitative estimate of drug-likeness (QED) is 0.0644. The fraction of sp³-hybridized carbons (Fsp3) is 0.122. The zero-order valence-electron chi connectivity index (χ0n) is 30.7. The van der Waals surface area contributed by atoms with Gasteiger partial charge in [0, 0.05) is 0 Å². The lowest BCUT2D eigenvalue weighted by Crippen LogP contribution is -3.61. The third kappa shape index (κ3) is 13.8. The zero-order chi connectivity index (χ0) is 44.8. The number of benzene rings is 6. The highest BCUT2D eigenvalue weighted by atomic mass is 127. The van der Waals surface area contributed by atoms with E-state index in [1.54, 1.807) is 12.1 Å². The fourth-order valence-corrected chi connectivity index (χ4v) is 9.67. The molecule has 0 heterocycles. The molecule has 6 aromatic rings. The Kier molecular flexibility index (Phi) is 17.8. The van der Waals surface area contributed by atoms with Crippen LogP contribution in [-0.2, 0) is 31.1 Å². The molecule has 60 heavy (non-hydrogen) atoms. The van der Waals surface area contributed by atoms with Crippen LogP contribution in [0.15, 0.2) is 196 Å². The molecule has 0 fully saturated rings. The second kappa shape index (κ2) is 21.4. The van der Waals surface area contributed by atoms with E-state index in [-0.39, 0.29) is 37.0 Å². The monoisotopic (exact) mass is 1010 g/mol. The number of alkyl halides is 9. The van der Waals surface area contributed by atoms with Gasteiger partial charge in [0.2, 0.25) is 0 Å². The largest absolute Gasteiger partial charge is 0.744 e. The topological polar surface area (TPSA) is 114 Å². The minimum Gasteiger partial charge on any atom is -0.744 e. The van der Waals surface area contributed by atoms with Crippen molar-refractivity contribution in [2.24, 2.45) is 0 Å². The Morgan fingerprint density at radius 3 is 1.02 bits per heavy atom. The van der Waals surface area contributed by atoms with Gasteiger partial charge in [0.25, 0.3) is 0 Å². The van der Waals surface area contributed by atoms with E-state index in [0.29, 0.717) is 0 Å². The molecule has 0 N–H and O–H groups in total. The van der Waals surface area contributed by atoms with Crippen LogP contribution in [0.3, 0.4) is 0 Å². The Hall–Kier alpha value is -4.41. The molecular weight excluding hydrogens is 983 g/mol. The Balaban J connectivity index is 0.000000218. The molecule has 6 rings (SSSR count). The first-order chi connectivity index (χ1) is 27.9. The number of halogens is 10. The van der Waals surface area contributed by atoms with E-state index in [1.165, 1.54) is 34.0 Å². The van der Waals surface area contributed by atoms with Crippen molar-refractivity contribution in [1.29, 1.82) is 0 Å². The molecule has 0 spiro atoms. The molecule has 0 atom stereocenters. The van der Waals surface area contributed by atoms with Crippen LogP contribution >= 0.6 is 0 Å². The number of rotatable bonds is 9. The predicted octanol–water partition coefficient (Wildman–Crippen LogP) is 7.45. The van der Waals surface area contributed by atoms with E-state index in [2.05, 4.69) is 152 Å². The summed E-state index contributed by atoms with van der Waals surface area (Å²) in [7, 11) is -11.7. The van der Waals surface area contributed by atoms with E-state index in [9.17, 15) is 65.5 Å². The summed E-state index contributed by atoms with van der Waals surface area (Å²) in [4.78, 5) is 3.91. The summed E-state index contributed by atoms with van der Waals surface area (Å²) >= 11 is 0.0287. The lowest BCUT2D eigenvalue weighted by Gasteiger charge is -2.34. The van der Waals surface area contributed by atoms with Gasteiger partial charge in [-0.05, 0) is 79.7 Å². The Morgan fingerprint density at radius 2 is 0.750 bits per heavy atom. The molecule has 0 aliphatic carbocycles. The lowest BCUT2D eigenvalue weighted by molar-refractivity contribution is -0.597. The molecule has 0 aromatic heterocycles. The van der Waals surface area contributed by atoms with E-state index in [0.717, 1.165) is 5.56 Å². The second-order valence-corrected chi connectivity index (χ2v) is 19.7. The smallest absolute Gasteiger partial charge is 0.460 e.